The number of nitrogens with zero attached hydrogens (tertiary/aromatic N) is 3. The van der Waals surface area contributed by atoms with Crippen LogP contribution in [0.4, 0.5) is 0 Å². The highest BCUT2D eigenvalue weighted by atomic mass is 32.1. The summed E-state index contributed by atoms with van der Waals surface area (Å²) < 4.78 is 2.04. The molecule has 5 heteroatoms. The first-order valence-electron chi connectivity index (χ1n) is 9.07. The molecular weight excluding hydrogens is 316 g/mol. The monoisotopic (exact) mass is 346 g/mol. The first-order chi connectivity index (χ1) is 11.6. The number of hydrogen-bond donors (Lipinski definition) is 1. The van der Waals surface area contributed by atoms with Crippen LogP contribution in [0.25, 0.3) is 0 Å². The molecule has 1 aliphatic heterocycles. The topological polar surface area (TPSA) is 33.1 Å². The van der Waals surface area contributed by atoms with Gasteiger partial charge in [0.15, 0.2) is 0 Å². The van der Waals surface area contributed by atoms with Crippen molar-refractivity contribution in [1.29, 1.82) is 0 Å². The highest BCUT2D eigenvalue weighted by Crippen LogP contribution is 2.37. The molecule has 3 heterocycles. The smallest absolute Gasteiger partial charge is 0.0537 e. The summed E-state index contributed by atoms with van der Waals surface area (Å²) in [7, 11) is 2.27. The number of rotatable bonds is 6. The first kappa shape index (κ1) is 17.6. The quantitative estimate of drug-likeness (QED) is 0.848. The zero-order chi connectivity index (χ0) is 17.1. The van der Waals surface area contributed by atoms with Gasteiger partial charge in [-0.05, 0) is 64.6 Å². The molecule has 0 unspecified atom stereocenters. The van der Waals surface area contributed by atoms with Crippen molar-refractivity contribution in [2.24, 2.45) is 5.92 Å². The average molecular weight is 347 g/mol. The van der Waals surface area contributed by atoms with E-state index in [4.69, 9.17) is 0 Å². The van der Waals surface area contributed by atoms with Crippen molar-refractivity contribution in [3.63, 3.8) is 0 Å². The van der Waals surface area contributed by atoms with Crippen LogP contribution >= 0.6 is 11.3 Å². The van der Waals surface area contributed by atoms with Crippen molar-refractivity contribution in [1.82, 2.24) is 20.0 Å². The Morgan fingerprint density at radius 3 is 2.88 bits per heavy atom. The molecule has 2 aromatic heterocycles. The third-order valence-corrected chi connectivity index (χ3v) is 6.12. The Labute approximate surface area is 149 Å². The van der Waals surface area contributed by atoms with E-state index >= 15 is 0 Å². The first-order valence-corrected chi connectivity index (χ1v) is 9.95. The van der Waals surface area contributed by atoms with Crippen molar-refractivity contribution < 1.29 is 0 Å². The molecule has 3 rings (SSSR count). The van der Waals surface area contributed by atoms with Gasteiger partial charge in [0.25, 0.3) is 0 Å². The van der Waals surface area contributed by atoms with E-state index in [-0.39, 0.29) is 0 Å². The molecule has 0 radical (unpaired) electrons. The number of piperidine rings is 1. The van der Waals surface area contributed by atoms with Gasteiger partial charge in [-0.15, -0.1) is 11.3 Å². The lowest BCUT2D eigenvalue weighted by atomic mass is 9.88. The molecule has 24 heavy (non-hydrogen) atoms. The maximum absolute atomic E-state index is 4.47. The summed E-state index contributed by atoms with van der Waals surface area (Å²) in [6.07, 6.45) is 6.77. The lowest BCUT2D eigenvalue weighted by molar-refractivity contribution is 0.120. The van der Waals surface area contributed by atoms with Crippen LogP contribution in [0.2, 0.25) is 0 Å². The van der Waals surface area contributed by atoms with Crippen molar-refractivity contribution >= 4 is 11.3 Å². The maximum atomic E-state index is 4.47. The van der Waals surface area contributed by atoms with Gasteiger partial charge in [0, 0.05) is 41.3 Å². The average Bonchev–Trinajstić information content (AvgIpc) is 3.24. The molecule has 1 aliphatic rings. The van der Waals surface area contributed by atoms with Crippen LogP contribution < -0.4 is 5.32 Å². The fraction of sp³-hybridized carbons (Fsp3) is 0.632. The summed E-state index contributed by atoms with van der Waals surface area (Å²) in [6, 6.07) is 5.78. The molecular formula is C19H30N4S. The standard InChI is InChI=1S/C19H30N4S/c1-14(2)23-13-17(12-21-23)15(3)20-11-16-7-5-9-22(4)19(16)18-8-6-10-24-18/h6,8,10,12-16,19-20H,5,7,9,11H2,1-4H3/t15-,16-,19+/m0/s1. The molecule has 0 aliphatic carbocycles. The predicted molar refractivity (Wildman–Crippen MR) is 101 cm³/mol. The van der Waals surface area contributed by atoms with Crippen LogP contribution in [-0.2, 0) is 0 Å². The van der Waals surface area contributed by atoms with Crippen molar-refractivity contribution in [3.8, 4) is 0 Å². The molecule has 0 amide bonds. The van der Waals surface area contributed by atoms with E-state index in [2.05, 4.69) is 66.8 Å². The van der Waals surface area contributed by atoms with E-state index in [0.29, 0.717) is 24.0 Å². The molecule has 0 bridgehead atoms. The molecule has 1 saturated heterocycles. The molecule has 0 aromatic carbocycles. The Bertz CT molecular complexity index is 619. The summed E-state index contributed by atoms with van der Waals surface area (Å²) in [5.41, 5.74) is 1.28. The molecule has 0 saturated carbocycles. The van der Waals surface area contributed by atoms with Crippen LogP contribution in [0, 0.1) is 5.92 Å². The largest absolute Gasteiger partial charge is 0.310 e. The number of aromatic nitrogens is 2. The summed E-state index contributed by atoms with van der Waals surface area (Å²) >= 11 is 1.89. The van der Waals surface area contributed by atoms with Crippen LogP contribution in [-0.4, -0.2) is 34.8 Å². The minimum atomic E-state index is 0.341. The molecule has 132 valence electrons. The Balaban J connectivity index is 1.63. The Morgan fingerprint density at radius 1 is 1.38 bits per heavy atom. The van der Waals surface area contributed by atoms with E-state index in [1.807, 2.05) is 22.2 Å². The van der Waals surface area contributed by atoms with Gasteiger partial charge < -0.3 is 5.32 Å². The van der Waals surface area contributed by atoms with E-state index in [1.54, 1.807) is 0 Å². The van der Waals surface area contributed by atoms with Gasteiger partial charge in [-0.3, -0.25) is 9.58 Å². The van der Waals surface area contributed by atoms with Gasteiger partial charge in [0.2, 0.25) is 0 Å². The normalized spacial score (nSPS) is 23.7. The summed E-state index contributed by atoms with van der Waals surface area (Å²) in [5.74, 6) is 0.671. The second-order valence-electron chi connectivity index (χ2n) is 7.32. The van der Waals surface area contributed by atoms with Crippen molar-refractivity contribution in [2.75, 3.05) is 20.1 Å². The number of nitrogens with one attached hydrogen (secondary N) is 1. The number of thiophene rings is 1. The Kier molecular flexibility index (Phi) is 5.74. The SMILES string of the molecule is CC(C)n1cc([C@H](C)NC[C@@H]2CCCN(C)[C@H]2c2cccs2)cn1. The van der Waals surface area contributed by atoms with Crippen LogP contribution in [0.3, 0.4) is 0 Å². The van der Waals surface area contributed by atoms with E-state index in [1.165, 1.54) is 29.8 Å². The maximum Gasteiger partial charge on any atom is 0.0537 e. The van der Waals surface area contributed by atoms with Gasteiger partial charge in [0.1, 0.15) is 0 Å². The number of hydrogen-bond acceptors (Lipinski definition) is 4. The third-order valence-electron chi connectivity index (χ3n) is 5.18. The van der Waals surface area contributed by atoms with Crippen LogP contribution in [0.5, 0.6) is 0 Å². The molecule has 1 fully saturated rings. The van der Waals surface area contributed by atoms with Crippen LogP contribution in [0.1, 0.15) is 62.2 Å². The summed E-state index contributed by atoms with van der Waals surface area (Å²) in [4.78, 5) is 4.03. The van der Waals surface area contributed by atoms with Crippen molar-refractivity contribution in [3.05, 3.63) is 40.3 Å². The van der Waals surface area contributed by atoms with Gasteiger partial charge in [-0.2, -0.15) is 5.10 Å². The van der Waals surface area contributed by atoms with Crippen LogP contribution in [0.15, 0.2) is 29.9 Å². The highest BCUT2D eigenvalue weighted by molar-refractivity contribution is 7.10. The Hall–Kier alpha value is -1.17. The molecule has 4 nitrogen and oxygen atoms in total. The third kappa shape index (κ3) is 3.90. The van der Waals surface area contributed by atoms with Gasteiger partial charge in [-0.25, -0.2) is 0 Å². The zero-order valence-corrected chi connectivity index (χ0v) is 16.1. The second-order valence-corrected chi connectivity index (χ2v) is 8.30. The van der Waals surface area contributed by atoms with Gasteiger partial charge >= 0.3 is 0 Å². The van der Waals surface area contributed by atoms with Gasteiger partial charge in [0.05, 0.1) is 6.20 Å². The molecule has 3 atom stereocenters. The summed E-state index contributed by atoms with van der Waals surface area (Å²) in [5, 5.41) is 10.4. The highest BCUT2D eigenvalue weighted by Gasteiger charge is 2.31. The predicted octanol–water partition coefficient (Wildman–Crippen LogP) is 4.26. The lowest BCUT2D eigenvalue weighted by Gasteiger charge is -2.39. The van der Waals surface area contributed by atoms with E-state index in [9.17, 15) is 0 Å². The minimum Gasteiger partial charge on any atom is -0.310 e. The second kappa shape index (κ2) is 7.81. The fourth-order valence-electron chi connectivity index (χ4n) is 3.69. The summed E-state index contributed by atoms with van der Waals surface area (Å²) in [6.45, 7) is 8.84. The van der Waals surface area contributed by atoms with E-state index in [0.717, 1.165) is 6.54 Å². The van der Waals surface area contributed by atoms with E-state index < -0.39 is 0 Å². The minimum absolute atomic E-state index is 0.341. The fourth-order valence-corrected chi connectivity index (χ4v) is 4.67. The lowest BCUT2D eigenvalue weighted by Crippen LogP contribution is -2.40. The van der Waals surface area contributed by atoms with Crippen molar-refractivity contribution in [2.45, 2.75) is 51.7 Å². The Morgan fingerprint density at radius 2 is 2.21 bits per heavy atom. The number of likely N-dealkylation sites (tertiary alicyclic amines) is 1. The molecule has 0 spiro atoms. The zero-order valence-electron chi connectivity index (χ0n) is 15.3. The molecule has 2 aromatic rings. The van der Waals surface area contributed by atoms with Gasteiger partial charge in [-0.1, -0.05) is 6.07 Å². The molecule has 1 N–H and O–H groups in total.